The van der Waals surface area contributed by atoms with Gasteiger partial charge in [-0.1, -0.05) is 19.1 Å². The lowest BCUT2D eigenvalue weighted by molar-refractivity contribution is -0.402. The van der Waals surface area contributed by atoms with E-state index in [0.717, 1.165) is 17.9 Å². The van der Waals surface area contributed by atoms with E-state index in [-0.39, 0.29) is 11.9 Å². The minimum Gasteiger partial charge on any atom is -0.497 e. The fourth-order valence-electron chi connectivity index (χ4n) is 2.18. The Hall–Kier alpha value is -2.34. The molecule has 0 saturated heterocycles. The minimum absolute atomic E-state index is 0.115. The highest BCUT2D eigenvalue weighted by Gasteiger charge is 2.19. The number of methoxy groups -OCH3 is 1. The van der Waals surface area contributed by atoms with Gasteiger partial charge in [0.1, 0.15) is 16.4 Å². The van der Waals surface area contributed by atoms with Crippen LogP contribution in [0.4, 0.5) is 5.88 Å². The highest BCUT2D eigenvalue weighted by Crippen LogP contribution is 2.25. The predicted molar refractivity (Wildman–Crippen MR) is 78.5 cm³/mol. The van der Waals surface area contributed by atoms with Gasteiger partial charge in [0.15, 0.2) is 0 Å². The lowest BCUT2D eigenvalue weighted by atomic mass is 10.0. The molecular weight excluding hydrogens is 272 g/mol. The normalized spacial score (nSPS) is 12.1. The Kier molecular flexibility index (Phi) is 4.94. The van der Waals surface area contributed by atoms with Crippen LogP contribution in [0, 0.1) is 10.1 Å². The van der Waals surface area contributed by atoms with Crippen molar-refractivity contribution in [2.45, 2.75) is 19.4 Å². The van der Waals surface area contributed by atoms with E-state index >= 15 is 0 Å². The predicted octanol–water partition coefficient (Wildman–Crippen LogP) is 3.09. The first-order valence-corrected chi connectivity index (χ1v) is 6.74. The van der Waals surface area contributed by atoms with Crippen LogP contribution in [0.15, 0.2) is 40.8 Å². The van der Waals surface area contributed by atoms with Crippen molar-refractivity contribution >= 4 is 5.88 Å². The summed E-state index contributed by atoms with van der Waals surface area (Å²) in [5, 5.41) is 14.0. The number of furan rings is 1. The van der Waals surface area contributed by atoms with Gasteiger partial charge in [-0.05, 0) is 36.7 Å². The summed E-state index contributed by atoms with van der Waals surface area (Å²) in [7, 11) is 1.62. The third kappa shape index (κ3) is 3.82. The second kappa shape index (κ2) is 6.90. The molecule has 2 aromatic rings. The standard InChI is InChI=1S/C15H18N2O4/c1-3-16-13(14-7-8-15(21-14)17(18)19)10-11-5-4-6-12(9-11)20-2/h4-9,13,16H,3,10H2,1-2H3. The summed E-state index contributed by atoms with van der Waals surface area (Å²) in [4.78, 5) is 10.2. The van der Waals surface area contributed by atoms with Gasteiger partial charge in [-0.15, -0.1) is 0 Å². The topological polar surface area (TPSA) is 77.5 Å². The van der Waals surface area contributed by atoms with Crippen LogP contribution < -0.4 is 10.1 Å². The number of ether oxygens (including phenoxy) is 1. The van der Waals surface area contributed by atoms with Gasteiger partial charge in [0, 0.05) is 0 Å². The summed E-state index contributed by atoms with van der Waals surface area (Å²) in [5.74, 6) is 1.11. The van der Waals surface area contributed by atoms with Crippen LogP contribution in [-0.2, 0) is 6.42 Å². The van der Waals surface area contributed by atoms with Gasteiger partial charge in [-0.25, -0.2) is 0 Å². The first-order valence-electron chi connectivity index (χ1n) is 6.74. The zero-order chi connectivity index (χ0) is 15.2. The molecule has 1 aromatic carbocycles. The number of nitrogens with one attached hydrogen (secondary N) is 1. The maximum atomic E-state index is 10.7. The summed E-state index contributed by atoms with van der Waals surface area (Å²) in [5.41, 5.74) is 1.07. The van der Waals surface area contributed by atoms with Crippen LogP contribution in [-0.4, -0.2) is 18.6 Å². The highest BCUT2D eigenvalue weighted by atomic mass is 16.6. The molecule has 0 fully saturated rings. The maximum Gasteiger partial charge on any atom is 0.433 e. The van der Waals surface area contributed by atoms with Crippen LogP contribution in [0.5, 0.6) is 5.75 Å². The van der Waals surface area contributed by atoms with Gasteiger partial charge in [-0.3, -0.25) is 10.1 Å². The molecule has 6 nitrogen and oxygen atoms in total. The maximum absolute atomic E-state index is 10.7. The Labute approximate surface area is 122 Å². The molecular formula is C15H18N2O4. The Morgan fingerprint density at radius 1 is 1.38 bits per heavy atom. The zero-order valence-corrected chi connectivity index (χ0v) is 12.0. The molecule has 0 saturated carbocycles. The van der Waals surface area contributed by atoms with Crippen molar-refractivity contribution in [2.24, 2.45) is 0 Å². The Morgan fingerprint density at radius 2 is 2.19 bits per heavy atom. The van der Waals surface area contributed by atoms with E-state index < -0.39 is 4.92 Å². The molecule has 1 aromatic heterocycles. The molecule has 1 atom stereocenters. The fourth-order valence-corrected chi connectivity index (χ4v) is 2.18. The molecule has 2 rings (SSSR count). The largest absolute Gasteiger partial charge is 0.497 e. The van der Waals surface area contributed by atoms with Crippen LogP contribution in [0.1, 0.15) is 24.3 Å². The SMILES string of the molecule is CCNC(Cc1cccc(OC)c1)c1ccc([N+](=O)[O-])o1. The third-order valence-corrected chi connectivity index (χ3v) is 3.16. The summed E-state index contributed by atoms with van der Waals surface area (Å²) in [6, 6.07) is 10.6. The van der Waals surface area contributed by atoms with Crippen molar-refractivity contribution in [3.63, 3.8) is 0 Å². The van der Waals surface area contributed by atoms with Gasteiger partial charge in [0.2, 0.25) is 0 Å². The van der Waals surface area contributed by atoms with Gasteiger partial charge >= 0.3 is 5.88 Å². The first kappa shape index (κ1) is 15.1. The van der Waals surface area contributed by atoms with E-state index in [1.807, 2.05) is 31.2 Å². The molecule has 0 amide bonds. The van der Waals surface area contributed by atoms with Crippen LogP contribution in [0.2, 0.25) is 0 Å². The Balaban J connectivity index is 2.19. The molecule has 0 aliphatic heterocycles. The van der Waals surface area contributed by atoms with E-state index in [1.165, 1.54) is 6.07 Å². The molecule has 6 heteroatoms. The number of rotatable bonds is 7. The molecule has 1 N–H and O–H groups in total. The number of nitrogens with zero attached hydrogens (tertiary/aromatic N) is 1. The van der Waals surface area contributed by atoms with Crippen molar-refractivity contribution in [1.29, 1.82) is 0 Å². The highest BCUT2D eigenvalue weighted by molar-refractivity contribution is 5.30. The molecule has 0 aliphatic carbocycles. The van der Waals surface area contributed by atoms with Crippen molar-refractivity contribution in [3.05, 3.63) is 57.8 Å². The number of likely N-dealkylation sites (N-methyl/N-ethyl adjacent to an activating group) is 1. The van der Waals surface area contributed by atoms with Gasteiger partial charge in [-0.2, -0.15) is 0 Å². The molecule has 21 heavy (non-hydrogen) atoms. The summed E-state index contributed by atoms with van der Waals surface area (Å²) in [6.07, 6.45) is 0.662. The van der Waals surface area contributed by atoms with Crippen LogP contribution in [0.25, 0.3) is 0 Å². The average molecular weight is 290 g/mol. The summed E-state index contributed by atoms with van der Waals surface area (Å²) >= 11 is 0. The first-order chi connectivity index (χ1) is 10.1. The average Bonchev–Trinajstić information content (AvgIpc) is 2.97. The fraction of sp³-hybridized carbons (Fsp3) is 0.333. The quantitative estimate of drug-likeness (QED) is 0.626. The van der Waals surface area contributed by atoms with Crippen molar-refractivity contribution in [3.8, 4) is 5.75 Å². The van der Waals surface area contributed by atoms with Crippen molar-refractivity contribution in [2.75, 3.05) is 13.7 Å². The smallest absolute Gasteiger partial charge is 0.433 e. The van der Waals surface area contributed by atoms with Gasteiger partial charge in [0.25, 0.3) is 0 Å². The van der Waals surface area contributed by atoms with Crippen molar-refractivity contribution in [1.82, 2.24) is 5.32 Å². The summed E-state index contributed by atoms with van der Waals surface area (Å²) in [6.45, 7) is 2.72. The monoisotopic (exact) mass is 290 g/mol. The van der Waals surface area contributed by atoms with Gasteiger partial charge < -0.3 is 14.5 Å². The second-order valence-corrected chi connectivity index (χ2v) is 4.60. The number of hydrogen-bond donors (Lipinski definition) is 1. The lowest BCUT2D eigenvalue weighted by Gasteiger charge is -2.15. The molecule has 0 spiro atoms. The Morgan fingerprint density at radius 3 is 2.81 bits per heavy atom. The number of hydrogen-bond acceptors (Lipinski definition) is 5. The molecule has 1 unspecified atom stereocenters. The lowest BCUT2D eigenvalue weighted by Crippen LogP contribution is -2.22. The molecule has 0 bridgehead atoms. The number of nitro groups is 1. The number of benzene rings is 1. The van der Waals surface area contributed by atoms with Crippen LogP contribution >= 0.6 is 0 Å². The van der Waals surface area contributed by atoms with Gasteiger partial charge in [0.05, 0.1) is 19.2 Å². The van der Waals surface area contributed by atoms with E-state index in [0.29, 0.717) is 12.2 Å². The minimum atomic E-state index is -0.530. The molecule has 0 radical (unpaired) electrons. The van der Waals surface area contributed by atoms with E-state index in [9.17, 15) is 10.1 Å². The van der Waals surface area contributed by atoms with E-state index in [1.54, 1.807) is 13.2 Å². The summed E-state index contributed by atoms with van der Waals surface area (Å²) < 4.78 is 10.5. The zero-order valence-electron chi connectivity index (χ0n) is 12.0. The molecule has 112 valence electrons. The third-order valence-electron chi connectivity index (χ3n) is 3.16. The van der Waals surface area contributed by atoms with E-state index in [4.69, 9.17) is 9.15 Å². The molecule has 1 heterocycles. The van der Waals surface area contributed by atoms with E-state index in [2.05, 4.69) is 5.32 Å². The van der Waals surface area contributed by atoms with Crippen molar-refractivity contribution < 1.29 is 14.1 Å². The second-order valence-electron chi connectivity index (χ2n) is 4.60. The molecule has 0 aliphatic rings. The Bertz CT molecular complexity index is 609. The van der Waals surface area contributed by atoms with Crippen LogP contribution in [0.3, 0.4) is 0 Å².